The highest BCUT2D eigenvalue weighted by molar-refractivity contribution is 7.92. The number of hydrogen-bond donors (Lipinski definition) is 5. The smallest absolute Gasteiger partial charge is 0.303 e. The summed E-state index contributed by atoms with van der Waals surface area (Å²) in [6.45, 7) is 0.202. The van der Waals surface area contributed by atoms with Gasteiger partial charge in [-0.2, -0.15) is 0 Å². The molecule has 1 fully saturated rings. The molecule has 2 amide bonds. The zero-order valence-electron chi connectivity index (χ0n) is 25.5. The number of carbonyl (C=O) groups is 3. The van der Waals surface area contributed by atoms with Gasteiger partial charge in [0.05, 0.1) is 24.1 Å². The average Bonchev–Trinajstić information content (AvgIpc) is 3.85. The molecule has 1 aliphatic rings. The van der Waals surface area contributed by atoms with Gasteiger partial charge in [-0.15, -0.1) is 0 Å². The molecule has 0 unspecified atom stereocenters. The molecule has 12 nitrogen and oxygen atoms in total. The van der Waals surface area contributed by atoms with Crippen LogP contribution in [0, 0.1) is 5.82 Å². The lowest BCUT2D eigenvalue weighted by atomic mass is 9.98. The number of carboxylic acid groups (broad SMARTS) is 1. The van der Waals surface area contributed by atoms with Crippen LogP contribution in [0.15, 0.2) is 65.7 Å². The molecule has 0 spiro atoms. The van der Waals surface area contributed by atoms with Crippen LogP contribution >= 0.6 is 0 Å². The summed E-state index contributed by atoms with van der Waals surface area (Å²) in [6.07, 6.45) is 2.57. The number of nitrogens with two attached hydrogens (primary N) is 1. The summed E-state index contributed by atoms with van der Waals surface area (Å²) < 4.78 is 40.4. The quantitative estimate of drug-likeness (QED) is 0.0926. The number of hydrogen-bond acceptors (Lipinski definition) is 8. The summed E-state index contributed by atoms with van der Waals surface area (Å²) >= 11 is 0. The summed E-state index contributed by atoms with van der Waals surface area (Å²) in [7, 11) is -2.29. The number of amides is 2. The summed E-state index contributed by atoms with van der Waals surface area (Å²) in [5, 5.41) is 17.1. The molecule has 3 aromatic rings. The molecule has 0 aromatic heterocycles. The van der Waals surface area contributed by atoms with Gasteiger partial charge in [-0.1, -0.05) is 0 Å². The number of aliphatic carboxylic acids is 1. The Morgan fingerprint density at radius 1 is 1.02 bits per heavy atom. The van der Waals surface area contributed by atoms with E-state index in [2.05, 4.69) is 20.9 Å². The van der Waals surface area contributed by atoms with Crippen molar-refractivity contribution in [2.75, 3.05) is 41.7 Å². The standard InChI is InChI=1S/C32H37FN6O6S/c1-35-32(43)31(38-24-12-10-23(11-13-24)37-22-8-6-21(33)7-9-22)26-18-25(20-4-5-20)28(19-27(26)34)39(46(2,44)45)17-3-16-36-29(40)14-15-30(41)42/h6-13,18-20,37H,3-5,14-17,34H2,1-2H3,(H,35,43)(H,36,40)(H,41,42). The van der Waals surface area contributed by atoms with Crippen molar-refractivity contribution < 1.29 is 32.3 Å². The van der Waals surface area contributed by atoms with Crippen molar-refractivity contribution in [1.82, 2.24) is 10.6 Å². The van der Waals surface area contributed by atoms with Crippen molar-refractivity contribution in [3.8, 4) is 0 Å². The number of nitrogens with one attached hydrogen (secondary N) is 3. The van der Waals surface area contributed by atoms with E-state index in [1.54, 1.807) is 48.5 Å². The second kappa shape index (κ2) is 14.9. The summed E-state index contributed by atoms with van der Waals surface area (Å²) in [5.41, 5.74) is 10.1. The summed E-state index contributed by atoms with van der Waals surface area (Å²) in [5.74, 6) is -2.26. The molecular weight excluding hydrogens is 615 g/mol. The van der Waals surface area contributed by atoms with Gasteiger partial charge in [-0.25, -0.2) is 17.8 Å². The Bertz CT molecular complexity index is 1720. The molecule has 14 heteroatoms. The number of carboxylic acids is 1. The molecule has 4 rings (SSSR count). The van der Waals surface area contributed by atoms with E-state index >= 15 is 0 Å². The Labute approximate surface area is 266 Å². The number of nitrogens with zero attached hydrogens (tertiary/aromatic N) is 2. The van der Waals surface area contributed by atoms with Gasteiger partial charge in [0.15, 0.2) is 0 Å². The fourth-order valence-electron chi connectivity index (χ4n) is 4.79. The molecule has 1 aliphatic carbocycles. The van der Waals surface area contributed by atoms with Crippen molar-refractivity contribution in [2.24, 2.45) is 4.99 Å². The van der Waals surface area contributed by atoms with E-state index in [-0.39, 0.29) is 55.5 Å². The first-order valence-electron chi connectivity index (χ1n) is 14.7. The Balaban J connectivity index is 1.60. The molecule has 3 aromatic carbocycles. The van der Waals surface area contributed by atoms with Crippen LogP contribution in [0.1, 0.15) is 49.1 Å². The minimum absolute atomic E-state index is 0.0469. The lowest BCUT2D eigenvalue weighted by molar-refractivity contribution is -0.138. The highest BCUT2D eigenvalue weighted by atomic mass is 32.2. The first-order valence-corrected chi connectivity index (χ1v) is 16.5. The van der Waals surface area contributed by atoms with E-state index in [9.17, 15) is 27.2 Å². The lowest BCUT2D eigenvalue weighted by Gasteiger charge is -2.26. The van der Waals surface area contributed by atoms with Crippen LogP contribution in [-0.4, -0.2) is 63.4 Å². The van der Waals surface area contributed by atoms with Crippen LogP contribution in [0.25, 0.3) is 0 Å². The molecule has 0 atom stereocenters. The van der Waals surface area contributed by atoms with Gasteiger partial charge in [0.1, 0.15) is 11.5 Å². The second-order valence-corrected chi connectivity index (χ2v) is 12.8. The predicted octanol–water partition coefficient (Wildman–Crippen LogP) is 4.03. The van der Waals surface area contributed by atoms with Crippen molar-refractivity contribution >= 4 is 62.0 Å². The van der Waals surface area contributed by atoms with E-state index in [0.29, 0.717) is 22.6 Å². The lowest BCUT2D eigenvalue weighted by Crippen LogP contribution is -2.35. The number of carbonyl (C=O) groups excluding carboxylic acids is 2. The number of nitrogen functional groups attached to an aromatic ring is 1. The minimum Gasteiger partial charge on any atom is -0.481 e. The highest BCUT2D eigenvalue weighted by Crippen LogP contribution is 2.46. The van der Waals surface area contributed by atoms with Gasteiger partial charge < -0.3 is 26.8 Å². The molecule has 1 saturated carbocycles. The van der Waals surface area contributed by atoms with Crippen molar-refractivity contribution in [1.29, 1.82) is 0 Å². The Morgan fingerprint density at radius 2 is 1.65 bits per heavy atom. The van der Waals surface area contributed by atoms with Gasteiger partial charge in [-0.05, 0) is 91.4 Å². The predicted molar refractivity (Wildman–Crippen MR) is 176 cm³/mol. The van der Waals surface area contributed by atoms with E-state index in [1.807, 2.05) is 0 Å². The largest absolute Gasteiger partial charge is 0.481 e. The van der Waals surface area contributed by atoms with Crippen molar-refractivity contribution in [2.45, 2.75) is 38.0 Å². The van der Waals surface area contributed by atoms with Gasteiger partial charge in [-0.3, -0.25) is 18.7 Å². The third-order valence-electron chi connectivity index (χ3n) is 7.25. The van der Waals surface area contributed by atoms with Gasteiger partial charge in [0.2, 0.25) is 15.9 Å². The van der Waals surface area contributed by atoms with E-state index in [1.165, 1.54) is 23.5 Å². The first-order chi connectivity index (χ1) is 21.8. The number of rotatable bonds is 15. The van der Waals surface area contributed by atoms with E-state index < -0.39 is 27.8 Å². The monoisotopic (exact) mass is 652 g/mol. The highest BCUT2D eigenvalue weighted by Gasteiger charge is 2.32. The zero-order chi connectivity index (χ0) is 33.4. The van der Waals surface area contributed by atoms with E-state index in [4.69, 9.17) is 10.8 Å². The number of halogens is 1. The Morgan fingerprint density at radius 3 is 2.22 bits per heavy atom. The maximum Gasteiger partial charge on any atom is 0.303 e. The number of likely N-dealkylation sites (N-methyl/N-ethyl adjacent to an activating group) is 1. The van der Waals surface area contributed by atoms with Crippen LogP contribution in [0.5, 0.6) is 0 Å². The van der Waals surface area contributed by atoms with Crippen molar-refractivity contribution in [3.63, 3.8) is 0 Å². The maximum absolute atomic E-state index is 13.2. The molecule has 0 radical (unpaired) electrons. The summed E-state index contributed by atoms with van der Waals surface area (Å²) in [4.78, 5) is 40.3. The number of anilines is 4. The van der Waals surface area contributed by atoms with Crippen LogP contribution in [0.4, 0.5) is 32.8 Å². The van der Waals surface area contributed by atoms with Gasteiger partial charge in [0.25, 0.3) is 5.91 Å². The van der Waals surface area contributed by atoms with E-state index in [0.717, 1.165) is 30.3 Å². The van der Waals surface area contributed by atoms with Crippen LogP contribution < -0.4 is 26.0 Å². The fourth-order valence-corrected chi connectivity index (χ4v) is 5.76. The summed E-state index contributed by atoms with van der Waals surface area (Å²) in [6, 6.07) is 16.2. The maximum atomic E-state index is 13.2. The Kier molecular flexibility index (Phi) is 11.0. The van der Waals surface area contributed by atoms with Gasteiger partial charge in [0, 0.05) is 49.2 Å². The van der Waals surface area contributed by atoms with Crippen LogP contribution in [0.3, 0.4) is 0 Å². The number of benzene rings is 3. The average molecular weight is 653 g/mol. The normalized spacial score (nSPS) is 13.2. The molecule has 0 aliphatic heterocycles. The number of aliphatic imine (C=N–C) groups is 1. The molecule has 0 saturated heterocycles. The minimum atomic E-state index is -3.76. The molecule has 0 bridgehead atoms. The van der Waals surface area contributed by atoms with Crippen molar-refractivity contribution in [3.05, 3.63) is 77.6 Å². The second-order valence-electron chi connectivity index (χ2n) is 10.9. The van der Waals surface area contributed by atoms with Crippen LogP contribution in [-0.2, 0) is 24.4 Å². The third kappa shape index (κ3) is 9.27. The molecule has 0 heterocycles. The van der Waals surface area contributed by atoms with Gasteiger partial charge >= 0.3 is 5.97 Å². The molecule has 244 valence electrons. The third-order valence-corrected chi connectivity index (χ3v) is 8.43. The van der Waals surface area contributed by atoms with Crippen LogP contribution in [0.2, 0.25) is 0 Å². The zero-order valence-corrected chi connectivity index (χ0v) is 26.4. The molecule has 6 N–H and O–H groups in total. The number of sulfonamides is 1. The SMILES string of the molecule is CNC(=O)C(=Nc1ccc(Nc2ccc(F)cc2)cc1)c1cc(C2CC2)c(N(CCCNC(=O)CCC(=O)O)S(C)(=O)=O)cc1N. The molecule has 46 heavy (non-hydrogen) atoms. The fraction of sp³-hybridized carbons (Fsp3) is 0.312. The Hall–Kier alpha value is -4.98. The topological polar surface area (TPSA) is 183 Å². The first kappa shape index (κ1) is 33.9. The molecular formula is C32H37FN6O6S.